The van der Waals surface area contributed by atoms with E-state index in [1.807, 2.05) is 43.3 Å². The summed E-state index contributed by atoms with van der Waals surface area (Å²) in [5.41, 5.74) is 3.02. The summed E-state index contributed by atoms with van der Waals surface area (Å²) in [5.74, 6) is 0.748. The van der Waals surface area contributed by atoms with Crippen LogP contribution >= 0.6 is 0 Å². The quantitative estimate of drug-likeness (QED) is 0.381. The Hall–Kier alpha value is -3.98. The lowest BCUT2D eigenvalue weighted by Crippen LogP contribution is -2.17. The molecule has 0 heterocycles. The highest BCUT2D eigenvalue weighted by Crippen LogP contribution is 2.33. The van der Waals surface area contributed by atoms with E-state index in [-0.39, 0.29) is 0 Å². The molecule has 31 heavy (non-hydrogen) atoms. The van der Waals surface area contributed by atoms with Crippen LogP contribution in [0.3, 0.4) is 0 Å². The molecule has 0 radical (unpaired) electrons. The van der Waals surface area contributed by atoms with Gasteiger partial charge in [-0.05, 0) is 55.0 Å². The van der Waals surface area contributed by atoms with Crippen LogP contribution in [-0.2, 0) is 16.1 Å². The maximum Gasteiger partial charge on any atom is 0.304 e. The molecule has 0 aliphatic carbocycles. The first-order valence-electron chi connectivity index (χ1n) is 9.96. The lowest BCUT2D eigenvalue weighted by atomic mass is 10.1. The van der Waals surface area contributed by atoms with Crippen molar-refractivity contribution in [3.63, 3.8) is 0 Å². The standard InChI is InChI=1S/C25H24N2O4/c1-3-29-24-15-21(11-14-23(24)30-17-20-7-5-4-6-8-20)25(31-18(2)28)27-22-12-9-19(16-26)10-13-22/h4-15,25,27H,3,17H2,1-2H3. The molecule has 3 aromatic carbocycles. The molecule has 3 aromatic rings. The van der Waals surface area contributed by atoms with Crippen molar-refractivity contribution in [2.24, 2.45) is 0 Å². The number of rotatable bonds is 9. The molecule has 0 fully saturated rings. The molecule has 0 amide bonds. The fraction of sp³-hybridized carbons (Fsp3) is 0.200. The fourth-order valence-corrected chi connectivity index (χ4v) is 2.95. The number of benzene rings is 3. The van der Waals surface area contributed by atoms with E-state index in [1.165, 1.54) is 6.92 Å². The molecule has 0 spiro atoms. The number of carbonyl (C=O) groups excluding carboxylic acids is 1. The summed E-state index contributed by atoms with van der Waals surface area (Å²) in [5, 5.41) is 12.1. The first-order valence-corrected chi connectivity index (χ1v) is 9.96. The van der Waals surface area contributed by atoms with E-state index >= 15 is 0 Å². The second kappa shape index (κ2) is 10.7. The van der Waals surface area contributed by atoms with E-state index in [9.17, 15) is 4.79 Å². The zero-order chi connectivity index (χ0) is 22.1. The number of nitrogens with zero attached hydrogens (tertiary/aromatic N) is 1. The monoisotopic (exact) mass is 416 g/mol. The molecule has 1 unspecified atom stereocenters. The minimum atomic E-state index is -0.729. The van der Waals surface area contributed by atoms with E-state index in [4.69, 9.17) is 19.5 Å². The van der Waals surface area contributed by atoms with Gasteiger partial charge >= 0.3 is 5.97 Å². The van der Waals surface area contributed by atoms with Crippen LogP contribution in [0.5, 0.6) is 11.5 Å². The molecule has 0 aromatic heterocycles. The summed E-state index contributed by atoms with van der Waals surface area (Å²) in [6.07, 6.45) is -0.729. The van der Waals surface area contributed by atoms with E-state index in [1.54, 1.807) is 36.4 Å². The summed E-state index contributed by atoms with van der Waals surface area (Å²) in [4.78, 5) is 11.7. The highest BCUT2D eigenvalue weighted by atomic mass is 16.6. The van der Waals surface area contributed by atoms with Crippen molar-refractivity contribution in [2.75, 3.05) is 11.9 Å². The molecule has 0 aliphatic heterocycles. The van der Waals surface area contributed by atoms with Gasteiger partial charge in [-0.2, -0.15) is 5.26 Å². The van der Waals surface area contributed by atoms with Crippen LogP contribution in [0, 0.1) is 11.3 Å². The van der Waals surface area contributed by atoms with E-state index in [2.05, 4.69) is 11.4 Å². The van der Waals surface area contributed by atoms with E-state index in [0.29, 0.717) is 41.5 Å². The maximum atomic E-state index is 11.7. The lowest BCUT2D eigenvalue weighted by molar-refractivity contribution is -0.145. The van der Waals surface area contributed by atoms with Gasteiger partial charge in [-0.3, -0.25) is 4.79 Å². The Morgan fingerprint density at radius 3 is 2.39 bits per heavy atom. The number of esters is 1. The van der Waals surface area contributed by atoms with Crippen molar-refractivity contribution in [3.8, 4) is 17.6 Å². The highest BCUT2D eigenvalue weighted by molar-refractivity contribution is 5.67. The predicted octanol–water partition coefficient (Wildman–Crippen LogP) is 5.21. The number of carbonyl (C=O) groups is 1. The first-order chi connectivity index (χ1) is 15.1. The Kier molecular flexibility index (Phi) is 7.50. The smallest absolute Gasteiger partial charge is 0.304 e. The van der Waals surface area contributed by atoms with Crippen LogP contribution in [0.1, 0.15) is 36.8 Å². The number of ether oxygens (including phenoxy) is 3. The van der Waals surface area contributed by atoms with Gasteiger partial charge in [-0.1, -0.05) is 30.3 Å². The first kappa shape index (κ1) is 21.7. The molecule has 0 bridgehead atoms. The molecule has 0 aliphatic rings. The van der Waals surface area contributed by atoms with Crippen LogP contribution < -0.4 is 14.8 Å². The molecular weight excluding hydrogens is 392 g/mol. The van der Waals surface area contributed by atoms with Gasteiger partial charge in [0.05, 0.1) is 18.2 Å². The SMILES string of the molecule is CCOc1cc(C(Nc2ccc(C#N)cc2)OC(C)=O)ccc1OCc1ccccc1. The minimum absolute atomic E-state index is 0.414. The van der Waals surface area contributed by atoms with Crippen LogP contribution in [-0.4, -0.2) is 12.6 Å². The highest BCUT2D eigenvalue weighted by Gasteiger charge is 2.18. The van der Waals surface area contributed by atoms with Gasteiger partial charge < -0.3 is 19.5 Å². The Morgan fingerprint density at radius 1 is 1.00 bits per heavy atom. The number of anilines is 1. The third kappa shape index (κ3) is 6.25. The number of nitrogens with one attached hydrogen (secondary N) is 1. The predicted molar refractivity (Wildman–Crippen MR) is 118 cm³/mol. The molecule has 158 valence electrons. The van der Waals surface area contributed by atoms with E-state index < -0.39 is 12.2 Å². The Morgan fingerprint density at radius 2 is 1.74 bits per heavy atom. The van der Waals surface area contributed by atoms with Gasteiger partial charge in [0.15, 0.2) is 17.7 Å². The third-order valence-electron chi connectivity index (χ3n) is 4.40. The zero-order valence-corrected chi connectivity index (χ0v) is 17.5. The summed E-state index contributed by atoms with van der Waals surface area (Å²) in [7, 11) is 0. The van der Waals surface area contributed by atoms with Crippen LogP contribution in [0.25, 0.3) is 0 Å². The summed E-state index contributed by atoms with van der Waals surface area (Å²) in [6, 6.07) is 24.3. The molecular formula is C25H24N2O4. The molecule has 6 heteroatoms. The van der Waals surface area contributed by atoms with Crippen molar-refractivity contribution < 1.29 is 19.0 Å². The van der Waals surface area contributed by atoms with Gasteiger partial charge in [0.25, 0.3) is 0 Å². The Balaban J connectivity index is 1.82. The molecule has 1 N–H and O–H groups in total. The largest absolute Gasteiger partial charge is 0.490 e. The third-order valence-corrected chi connectivity index (χ3v) is 4.40. The van der Waals surface area contributed by atoms with Crippen LogP contribution in [0.15, 0.2) is 72.8 Å². The van der Waals surface area contributed by atoms with Gasteiger partial charge in [0.2, 0.25) is 0 Å². The second-order valence-corrected chi connectivity index (χ2v) is 6.74. The number of hydrogen-bond acceptors (Lipinski definition) is 6. The average Bonchev–Trinajstić information content (AvgIpc) is 2.79. The van der Waals surface area contributed by atoms with Gasteiger partial charge in [-0.25, -0.2) is 0 Å². The topological polar surface area (TPSA) is 80.6 Å². The van der Waals surface area contributed by atoms with E-state index in [0.717, 1.165) is 5.56 Å². The van der Waals surface area contributed by atoms with Crippen molar-refractivity contribution in [1.29, 1.82) is 5.26 Å². The molecule has 3 rings (SSSR count). The second-order valence-electron chi connectivity index (χ2n) is 6.74. The Labute approximate surface area is 182 Å². The van der Waals surface area contributed by atoms with Crippen LogP contribution in [0.4, 0.5) is 5.69 Å². The van der Waals surface area contributed by atoms with Crippen LogP contribution in [0.2, 0.25) is 0 Å². The zero-order valence-electron chi connectivity index (χ0n) is 17.5. The van der Waals surface area contributed by atoms with Crippen molar-refractivity contribution >= 4 is 11.7 Å². The van der Waals surface area contributed by atoms with Crippen molar-refractivity contribution in [1.82, 2.24) is 0 Å². The van der Waals surface area contributed by atoms with Crippen molar-refractivity contribution in [3.05, 3.63) is 89.5 Å². The molecule has 0 saturated heterocycles. The Bertz CT molecular complexity index is 1040. The fourth-order valence-electron chi connectivity index (χ4n) is 2.95. The summed E-state index contributed by atoms with van der Waals surface area (Å²) in [6.45, 7) is 4.13. The van der Waals surface area contributed by atoms with Gasteiger partial charge in [0, 0.05) is 18.2 Å². The number of nitriles is 1. The maximum absolute atomic E-state index is 11.7. The molecule has 0 saturated carbocycles. The minimum Gasteiger partial charge on any atom is -0.490 e. The molecule has 1 atom stereocenters. The molecule has 6 nitrogen and oxygen atoms in total. The number of hydrogen-bond donors (Lipinski definition) is 1. The van der Waals surface area contributed by atoms with Gasteiger partial charge in [0.1, 0.15) is 6.61 Å². The lowest BCUT2D eigenvalue weighted by Gasteiger charge is -2.21. The van der Waals surface area contributed by atoms with Gasteiger partial charge in [-0.15, -0.1) is 0 Å². The normalized spacial score (nSPS) is 11.1. The summed E-state index contributed by atoms with van der Waals surface area (Å²) < 4.78 is 17.2. The average molecular weight is 416 g/mol. The van der Waals surface area contributed by atoms with Crippen molar-refractivity contribution in [2.45, 2.75) is 26.7 Å². The summed E-state index contributed by atoms with van der Waals surface area (Å²) >= 11 is 0.